The molecule has 5 heterocycles. The average Bonchev–Trinajstić information content (AvgIpc) is 4.07. The molecule has 3 fully saturated rings. The van der Waals surface area contributed by atoms with Crippen LogP contribution in [0.5, 0.6) is 5.75 Å². The highest BCUT2D eigenvalue weighted by Gasteiger charge is 2.56. The van der Waals surface area contributed by atoms with Gasteiger partial charge in [-0.2, -0.15) is 0 Å². The minimum atomic E-state index is -1.98. The number of cyclic esters (lactones) is 1. The summed E-state index contributed by atoms with van der Waals surface area (Å²) in [7, 11) is 5.05. The first-order valence-corrected chi connectivity index (χ1v) is 28.1. The van der Waals surface area contributed by atoms with E-state index in [2.05, 4.69) is 51.3 Å². The molecule has 1 aromatic heterocycles. The van der Waals surface area contributed by atoms with Crippen molar-refractivity contribution in [1.82, 2.24) is 19.9 Å². The first kappa shape index (κ1) is 60.6. The van der Waals surface area contributed by atoms with Crippen LogP contribution in [-0.2, 0) is 51.0 Å². The molecular formula is C59H91N5O13. The van der Waals surface area contributed by atoms with Gasteiger partial charge in [0.1, 0.15) is 35.4 Å². The average molecular weight is 1080 g/mol. The summed E-state index contributed by atoms with van der Waals surface area (Å²) in [4.78, 5) is 33.5. The molecule has 0 bridgehead atoms. The molecule has 4 aliphatic rings. The van der Waals surface area contributed by atoms with Crippen LogP contribution in [-0.4, -0.2) is 177 Å². The maximum Gasteiger partial charge on any atom is 0.309 e. The maximum absolute atomic E-state index is 14.6. The number of ketones is 1. The number of fused-ring (bicyclic) bond motifs is 1. The number of anilines is 1. The van der Waals surface area contributed by atoms with Gasteiger partial charge in [0.15, 0.2) is 6.29 Å². The molecule has 18 heteroatoms. The van der Waals surface area contributed by atoms with Crippen molar-refractivity contribution in [3.8, 4) is 17.0 Å². The van der Waals surface area contributed by atoms with Gasteiger partial charge in [-0.1, -0.05) is 58.0 Å². The molecule has 0 aliphatic carbocycles. The van der Waals surface area contributed by atoms with Crippen molar-refractivity contribution in [3.63, 3.8) is 0 Å². The first-order valence-electron chi connectivity index (χ1n) is 28.1. The van der Waals surface area contributed by atoms with E-state index in [1.165, 1.54) is 25.3 Å². The summed E-state index contributed by atoms with van der Waals surface area (Å²) in [5.74, 6) is -4.26. The second kappa shape index (κ2) is 25.2. The van der Waals surface area contributed by atoms with Gasteiger partial charge >= 0.3 is 5.97 Å². The summed E-state index contributed by atoms with van der Waals surface area (Å²) < 4.78 is 47.1. The van der Waals surface area contributed by atoms with Crippen LogP contribution in [0.1, 0.15) is 114 Å². The Morgan fingerprint density at radius 3 is 2.26 bits per heavy atom. The second-order valence-electron chi connectivity index (χ2n) is 23.7. The predicted molar refractivity (Wildman–Crippen MR) is 291 cm³/mol. The molecule has 4 N–H and O–H groups in total. The monoisotopic (exact) mass is 1080 g/mol. The SMILES string of the molecule is CC[C@H]1OC(=O)[C@H](C)C(C2C[C@@](C)(OC)[C@@H](O)[C@H](C)O2)[C@H](C)[C@@H](O[C@@H]2O[C@H](C)C[C@H](N(C)CCCOc3ccc(-c4cnnn4C[C@H](C)N4CCc5ccccc54)cc3)C2O)[C@](C)(OC)C[C@@H](C)C(=O)[C@H](C)[C@@H](O)[C@]1(C)O. The number of aliphatic hydroxyl groups is 4. The first-order chi connectivity index (χ1) is 36.4. The number of nitrogens with zero attached hydrogens (tertiary/aromatic N) is 5. The minimum Gasteiger partial charge on any atom is -0.494 e. The summed E-state index contributed by atoms with van der Waals surface area (Å²) >= 11 is 0. The van der Waals surface area contributed by atoms with E-state index < -0.39 is 101 Å². The Bertz CT molecular complexity index is 2410. The van der Waals surface area contributed by atoms with Gasteiger partial charge in [-0.15, -0.1) is 5.10 Å². The molecule has 3 saturated heterocycles. The van der Waals surface area contributed by atoms with Crippen molar-refractivity contribution in [1.29, 1.82) is 0 Å². The van der Waals surface area contributed by atoms with Gasteiger partial charge in [-0.05, 0) is 123 Å². The van der Waals surface area contributed by atoms with E-state index in [-0.39, 0.29) is 43.2 Å². The van der Waals surface area contributed by atoms with E-state index in [9.17, 15) is 30.0 Å². The third-order valence-electron chi connectivity index (χ3n) is 18.1. The van der Waals surface area contributed by atoms with Crippen molar-refractivity contribution in [2.75, 3.05) is 45.9 Å². The van der Waals surface area contributed by atoms with Gasteiger partial charge in [-0.3, -0.25) is 9.59 Å². The molecule has 0 radical (unpaired) electrons. The lowest BCUT2D eigenvalue weighted by Crippen LogP contribution is -2.62. The third kappa shape index (κ3) is 12.9. The summed E-state index contributed by atoms with van der Waals surface area (Å²) in [6.07, 6.45) is -4.24. The summed E-state index contributed by atoms with van der Waals surface area (Å²) in [5.41, 5.74) is 0.287. The number of aromatic nitrogens is 3. The Hall–Kier alpha value is -4.08. The lowest BCUT2D eigenvalue weighted by Gasteiger charge is -2.52. The minimum absolute atomic E-state index is 0.107. The highest BCUT2D eigenvalue weighted by Crippen LogP contribution is 2.46. The lowest BCUT2D eigenvalue weighted by molar-refractivity contribution is -0.305. The molecule has 0 saturated carbocycles. The van der Waals surface area contributed by atoms with Crippen LogP contribution in [0.15, 0.2) is 54.7 Å². The summed E-state index contributed by atoms with van der Waals surface area (Å²) in [6.45, 7) is 22.5. The number of carbonyl (C=O) groups is 2. The van der Waals surface area contributed by atoms with E-state index in [4.69, 9.17) is 33.2 Å². The van der Waals surface area contributed by atoms with Crippen molar-refractivity contribution in [3.05, 3.63) is 60.3 Å². The van der Waals surface area contributed by atoms with Crippen LogP contribution in [0.3, 0.4) is 0 Å². The number of ether oxygens (including phenoxy) is 7. The normalized spacial score (nSPS) is 38.0. The number of hydrogen-bond donors (Lipinski definition) is 4. The van der Waals surface area contributed by atoms with Gasteiger partial charge < -0.3 is 63.4 Å². The van der Waals surface area contributed by atoms with E-state index in [1.54, 1.807) is 47.9 Å². The molecule has 7 rings (SSSR count). The molecule has 430 valence electrons. The molecule has 0 amide bonds. The van der Waals surface area contributed by atoms with Crippen molar-refractivity contribution in [2.24, 2.45) is 29.6 Å². The van der Waals surface area contributed by atoms with Crippen LogP contribution >= 0.6 is 0 Å². The van der Waals surface area contributed by atoms with Gasteiger partial charge in [0, 0.05) is 74.8 Å². The van der Waals surface area contributed by atoms with Crippen LogP contribution in [0.4, 0.5) is 5.69 Å². The Kier molecular flexibility index (Phi) is 19.8. The van der Waals surface area contributed by atoms with Crippen LogP contribution in [0.2, 0.25) is 0 Å². The summed E-state index contributed by atoms with van der Waals surface area (Å²) in [5, 5.41) is 55.9. The van der Waals surface area contributed by atoms with Crippen molar-refractivity contribution < 1.29 is 63.2 Å². The summed E-state index contributed by atoms with van der Waals surface area (Å²) in [6, 6.07) is 16.4. The highest BCUT2D eigenvalue weighted by molar-refractivity contribution is 5.83. The van der Waals surface area contributed by atoms with Gasteiger partial charge in [-0.25, -0.2) is 4.68 Å². The zero-order valence-electron chi connectivity index (χ0n) is 48.2. The third-order valence-corrected chi connectivity index (χ3v) is 18.1. The Morgan fingerprint density at radius 1 is 0.896 bits per heavy atom. The topological polar surface area (TPSA) is 217 Å². The fourth-order valence-electron chi connectivity index (χ4n) is 13.2. The molecule has 77 heavy (non-hydrogen) atoms. The second-order valence-corrected chi connectivity index (χ2v) is 23.7. The Morgan fingerprint density at radius 2 is 1.58 bits per heavy atom. The molecule has 2 aromatic carbocycles. The van der Waals surface area contributed by atoms with Crippen LogP contribution in [0, 0.1) is 29.6 Å². The number of rotatable bonds is 16. The quantitative estimate of drug-likeness (QED) is 0.0919. The number of para-hydroxylation sites is 1. The molecule has 3 aromatic rings. The number of esters is 1. The van der Waals surface area contributed by atoms with Crippen LogP contribution in [0.25, 0.3) is 11.3 Å². The number of aliphatic hydroxyl groups excluding tert-OH is 3. The Labute approximate surface area is 457 Å². The molecular weight excluding hydrogens is 987 g/mol. The van der Waals surface area contributed by atoms with Gasteiger partial charge in [0.2, 0.25) is 0 Å². The zero-order chi connectivity index (χ0) is 56.3. The molecule has 4 aliphatic heterocycles. The number of benzene rings is 2. The fraction of sp³-hybridized carbons (Fsp3) is 0.729. The largest absolute Gasteiger partial charge is 0.494 e. The molecule has 19 atom stereocenters. The van der Waals surface area contributed by atoms with Crippen molar-refractivity contribution >= 4 is 17.4 Å². The molecule has 18 nitrogen and oxygen atoms in total. The van der Waals surface area contributed by atoms with Crippen LogP contribution < -0.4 is 9.64 Å². The van der Waals surface area contributed by atoms with E-state index in [1.807, 2.05) is 63.7 Å². The van der Waals surface area contributed by atoms with E-state index in [0.29, 0.717) is 32.5 Å². The fourth-order valence-corrected chi connectivity index (χ4v) is 13.2. The standard InChI is InChI=1S/C59H91N5O13/c1-15-48-59(11,70)52(67)39(7)50(65)34(2)30-58(10,72-14)54(37(5)49(38(6)55(69)76-48)47-31-57(9,71-13)53(68)40(8)75-47)77-56-51(66)45(29-36(4)74-56)62(12)26-18-28-73-43-23-21-42(22-24-43)46-32-60-61-64(46)33-35(3)63-27-25-41-19-16-17-20-44(41)63/h16-17,19-24,32,34-40,45,47-49,51-54,56,66-68,70H,15,18,25-31,33H2,1-14H3/t34-,35+,36-,37+,38-,39+,40+,45+,47?,48-,49?,51?,52-,53+,54-,56+,57-,58-,59-/m1/s1. The molecule has 3 unspecified atom stereocenters. The Balaban J connectivity index is 1.07. The predicted octanol–water partition coefficient (Wildman–Crippen LogP) is 6.26. The van der Waals surface area contributed by atoms with Crippen molar-refractivity contribution in [2.45, 2.75) is 205 Å². The van der Waals surface area contributed by atoms with E-state index >= 15 is 0 Å². The lowest BCUT2D eigenvalue weighted by atomic mass is 9.67. The smallest absolute Gasteiger partial charge is 0.309 e. The van der Waals surface area contributed by atoms with Gasteiger partial charge in [0.25, 0.3) is 0 Å². The number of hydrogen-bond acceptors (Lipinski definition) is 17. The highest BCUT2D eigenvalue weighted by atomic mass is 16.7. The number of carbonyl (C=O) groups excluding carboxylic acids is 2. The number of methoxy groups -OCH3 is 2. The van der Waals surface area contributed by atoms with Gasteiger partial charge in [0.05, 0.1) is 72.7 Å². The zero-order valence-corrected chi connectivity index (χ0v) is 48.2. The molecule has 0 spiro atoms. The van der Waals surface area contributed by atoms with E-state index in [0.717, 1.165) is 30.0 Å². The number of likely N-dealkylation sites (N-methyl/N-ethyl adjacent to an activating group) is 1. The number of Topliss-reactive ketones (excluding diaryl/α,β-unsaturated/α-hetero) is 1. The maximum atomic E-state index is 14.6.